The summed E-state index contributed by atoms with van der Waals surface area (Å²) in [6.07, 6.45) is 0. The van der Waals surface area contributed by atoms with Crippen molar-refractivity contribution in [3.63, 3.8) is 0 Å². The number of anilines is 1. The predicted octanol–water partition coefficient (Wildman–Crippen LogP) is 2.04. The van der Waals surface area contributed by atoms with Crippen LogP contribution in [0.1, 0.15) is 5.82 Å². The first-order chi connectivity index (χ1) is 10.1. The third-order valence-corrected chi connectivity index (χ3v) is 4.21. The van der Waals surface area contributed by atoms with Gasteiger partial charge in [-0.25, -0.2) is 0 Å². The molecule has 1 aromatic heterocycles. The van der Waals surface area contributed by atoms with Crippen molar-refractivity contribution in [2.24, 2.45) is 5.73 Å². The Hall–Kier alpha value is -1.38. The maximum absolute atomic E-state index is 11.9. The van der Waals surface area contributed by atoms with E-state index in [-0.39, 0.29) is 11.7 Å². The minimum absolute atomic E-state index is 0.0812. The second-order valence-corrected chi connectivity index (χ2v) is 6.17. The molecule has 6 nitrogen and oxygen atoms in total. The number of aromatic nitrogens is 3. The molecule has 21 heavy (non-hydrogen) atoms. The maximum Gasteiger partial charge on any atom is 0.234 e. The highest BCUT2D eigenvalue weighted by Crippen LogP contribution is 2.18. The number of hydrogen-bond acceptors (Lipinski definition) is 5. The summed E-state index contributed by atoms with van der Waals surface area (Å²) in [5, 5.41) is 11.6. The molecule has 0 aliphatic heterocycles. The van der Waals surface area contributed by atoms with E-state index in [1.54, 1.807) is 0 Å². The van der Waals surface area contributed by atoms with Gasteiger partial charge < -0.3 is 15.6 Å². The van der Waals surface area contributed by atoms with E-state index in [2.05, 4.69) is 31.4 Å². The molecule has 0 radical (unpaired) electrons. The maximum atomic E-state index is 11.9. The number of hydrogen-bond donors (Lipinski definition) is 2. The van der Waals surface area contributed by atoms with E-state index < -0.39 is 0 Å². The van der Waals surface area contributed by atoms with E-state index in [0.717, 1.165) is 16.0 Å². The van der Waals surface area contributed by atoms with Gasteiger partial charge in [0.1, 0.15) is 5.82 Å². The lowest BCUT2D eigenvalue weighted by Crippen LogP contribution is -2.16. The number of halogens is 1. The monoisotopic (exact) mass is 369 g/mol. The lowest BCUT2D eigenvalue weighted by atomic mass is 10.3. The number of carbonyl (C=O) groups excluding carboxylic acids is 1. The Morgan fingerprint density at radius 2 is 2.10 bits per heavy atom. The Balaban J connectivity index is 1.90. The molecule has 1 amide bonds. The van der Waals surface area contributed by atoms with Gasteiger partial charge in [-0.05, 0) is 31.2 Å². The number of nitrogens with one attached hydrogen (secondary N) is 1. The summed E-state index contributed by atoms with van der Waals surface area (Å²) in [6, 6.07) is 7.44. The highest BCUT2D eigenvalue weighted by Gasteiger charge is 2.11. The fraction of sp³-hybridized carbons (Fsp3) is 0.308. The molecule has 0 aliphatic rings. The SMILES string of the molecule is Cc1nnc(SCC(=O)Nc2ccc(Br)cc2)n1CCN. The largest absolute Gasteiger partial charge is 0.329 e. The molecule has 112 valence electrons. The van der Waals surface area contributed by atoms with Crippen molar-refractivity contribution in [1.29, 1.82) is 0 Å². The standard InChI is InChI=1S/C13H16BrN5OS/c1-9-17-18-13(19(9)7-6-15)21-8-12(20)16-11-4-2-10(14)3-5-11/h2-5H,6-8,15H2,1H3,(H,16,20). The van der Waals surface area contributed by atoms with Crippen LogP contribution in [0.5, 0.6) is 0 Å². The van der Waals surface area contributed by atoms with Crippen molar-refractivity contribution in [3.8, 4) is 0 Å². The first-order valence-corrected chi connectivity index (χ1v) is 8.16. The average molecular weight is 370 g/mol. The van der Waals surface area contributed by atoms with Crippen LogP contribution in [-0.4, -0.2) is 33.0 Å². The van der Waals surface area contributed by atoms with E-state index >= 15 is 0 Å². The van der Waals surface area contributed by atoms with E-state index in [0.29, 0.717) is 18.2 Å². The zero-order valence-corrected chi connectivity index (χ0v) is 13.9. The number of amides is 1. The molecule has 0 unspecified atom stereocenters. The van der Waals surface area contributed by atoms with Crippen LogP contribution in [0.2, 0.25) is 0 Å². The topological polar surface area (TPSA) is 85.8 Å². The molecule has 1 aromatic carbocycles. The molecule has 0 atom stereocenters. The molecule has 0 spiro atoms. The summed E-state index contributed by atoms with van der Waals surface area (Å²) >= 11 is 4.70. The number of aryl methyl sites for hydroxylation is 1. The summed E-state index contributed by atoms with van der Waals surface area (Å²) in [5.41, 5.74) is 6.33. The van der Waals surface area contributed by atoms with Crippen LogP contribution in [-0.2, 0) is 11.3 Å². The summed E-state index contributed by atoms with van der Waals surface area (Å²) in [7, 11) is 0. The van der Waals surface area contributed by atoms with E-state index in [9.17, 15) is 4.79 Å². The van der Waals surface area contributed by atoms with Gasteiger partial charge in [-0.3, -0.25) is 4.79 Å². The average Bonchev–Trinajstić information content (AvgIpc) is 2.81. The molecule has 0 aliphatic carbocycles. The molecule has 3 N–H and O–H groups in total. The van der Waals surface area contributed by atoms with Gasteiger partial charge in [0.15, 0.2) is 5.16 Å². The second-order valence-electron chi connectivity index (χ2n) is 4.31. The molecule has 0 saturated heterocycles. The van der Waals surface area contributed by atoms with Gasteiger partial charge in [-0.15, -0.1) is 10.2 Å². The zero-order chi connectivity index (χ0) is 15.2. The van der Waals surface area contributed by atoms with Crippen LogP contribution < -0.4 is 11.1 Å². The first-order valence-electron chi connectivity index (χ1n) is 6.38. The zero-order valence-electron chi connectivity index (χ0n) is 11.5. The minimum Gasteiger partial charge on any atom is -0.329 e. The Kier molecular flexibility index (Phi) is 5.77. The number of rotatable bonds is 6. The van der Waals surface area contributed by atoms with Gasteiger partial charge >= 0.3 is 0 Å². The Bertz CT molecular complexity index is 614. The van der Waals surface area contributed by atoms with E-state index in [1.165, 1.54) is 11.8 Å². The molecule has 8 heteroatoms. The summed E-state index contributed by atoms with van der Waals surface area (Å²) < 4.78 is 2.89. The van der Waals surface area contributed by atoms with Crippen LogP contribution in [0.4, 0.5) is 5.69 Å². The van der Waals surface area contributed by atoms with Crippen molar-refractivity contribution >= 4 is 39.3 Å². The molecule has 0 bridgehead atoms. The number of benzene rings is 1. The summed E-state index contributed by atoms with van der Waals surface area (Å²) in [5.74, 6) is 0.997. The number of thioether (sulfide) groups is 1. The molecule has 2 aromatic rings. The van der Waals surface area contributed by atoms with Crippen molar-refractivity contribution < 1.29 is 4.79 Å². The predicted molar refractivity (Wildman–Crippen MR) is 87.3 cm³/mol. The van der Waals surface area contributed by atoms with Crippen molar-refractivity contribution in [2.45, 2.75) is 18.6 Å². The first kappa shape index (κ1) is 16.0. The van der Waals surface area contributed by atoms with Gasteiger partial charge in [0.05, 0.1) is 5.75 Å². The third kappa shape index (κ3) is 4.55. The molecule has 0 fully saturated rings. The van der Waals surface area contributed by atoms with Gasteiger partial charge in [-0.1, -0.05) is 27.7 Å². The van der Waals surface area contributed by atoms with Crippen molar-refractivity contribution in [3.05, 3.63) is 34.6 Å². The van der Waals surface area contributed by atoms with Gasteiger partial charge in [0, 0.05) is 23.2 Å². The quantitative estimate of drug-likeness (QED) is 0.760. The van der Waals surface area contributed by atoms with Gasteiger partial charge in [-0.2, -0.15) is 0 Å². The highest BCUT2D eigenvalue weighted by atomic mass is 79.9. The minimum atomic E-state index is -0.0812. The molecule has 2 rings (SSSR count). The fourth-order valence-corrected chi connectivity index (χ4v) is 2.79. The van der Waals surface area contributed by atoms with Crippen LogP contribution in [0.15, 0.2) is 33.9 Å². The van der Waals surface area contributed by atoms with Crippen LogP contribution in [0, 0.1) is 6.92 Å². The highest BCUT2D eigenvalue weighted by molar-refractivity contribution is 9.10. The van der Waals surface area contributed by atoms with Crippen LogP contribution in [0.25, 0.3) is 0 Å². The lowest BCUT2D eigenvalue weighted by molar-refractivity contribution is -0.113. The number of nitrogens with two attached hydrogens (primary N) is 1. The lowest BCUT2D eigenvalue weighted by Gasteiger charge is -2.07. The van der Waals surface area contributed by atoms with E-state index in [4.69, 9.17) is 5.73 Å². The van der Waals surface area contributed by atoms with Gasteiger partial charge in [0.2, 0.25) is 5.91 Å². The van der Waals surface area contributed by atoms with E-state index in [1.807, 2.05) is 35.8 Å². The fourth-order valence-electron chi connectivity index (χ4n) is 1.72. The molecular formula is C13H16BrN5OS. The molecule has 1 heterocycles. The van der Waals surface area contributed by atoms with Gasteiger partial charge in [0.25, 0.3) is 0 Å². The summed E-state index contributed by atoms with van der Waals surface area (Å²) in [6.45, 7) is 3.03. The summed E-state index contributed by atoms with van der Waals surface area (Å²) in [4.78, 5) is 11.9. The Morgan fingerprint density at radius 1 is 1.38 bits per heavy atom. The van der Waals surface area contributed by atoms with Crippen LogP contribution >= 0.6 is 27.7 Å². The number of carbonyl (C=O) groups is 1. The Labute approximate surface area is 135 Å². The number of nitrogens with zero attached hydrogens (tertiary/aromatic N) is 3. The smallest absolute Gasteiger partial charge is 0.234 e. The second kappa shape index (κ2) is 7.58. The molecular weight excluding hydrogens is 354 g/mol. The molecule has 0 saturated carbocycles. The Morgan fingerprint density at radius 3 is 2.76 bits per heavy atom. The van der Waals surface area contributed by atoms with Crippen LogP contribution in [0.3, 0.4) is 0 Å². The normalized spacial score (nSPS) is 10.6. The van der Waals surface area contributed by atoms with Crippen molar-refractivity contribution in [1.82, 2.24) is 14.8 Å². The van der Waals surface area contributed by atoms with Crippen molar-refractivity contribution in [2.75, 3.05) is 17.6 Å². The third-order valence-electron chi connectivity index (χ3n) is 2.71.